The number of fused-ring (bicyclic) bond motifs is 1. The van der Waals surface area contributed by atoms with E-state index in [0.29, 0.717) is 12.1 Å². The van der Waals surface area contributed by atoms with Crippen LogP contribution in [0.1, 0.15) is 61.6 Å². The third kappa shape index (κ3) is 4.58. The molecule has 148 valence electrons. The van der Waals surface area contributed by atoms with E-state index >= 15 is 0 Å². The molecule has 0 aromatic heterocycles. The second-order valence-electron chi connectivity index (χ2n) is 8.61. The molecule has 3 rings (SSSR count). The van der Waals surface area contributed by atoms with Crippen LogP contribution < -0.4 is 10.2 Å². The fraction of sp³-hybridized carbons (Fsp3) is 0.391. The molecule has 28 heavy (non-hydrogen) atoms. The highest BCUT2D eigenvalue weighted by molar-refractivity contribution is 5.98. The number of carbonyl (C=O) groups excluding carboxylic acids is 2. The van der Waals surface area contributed by atoms with Gasteiger partial charge in [0.1, 0.15) is 5.82 Å². The van der Waals surface area contributed by atoms with Gasteiger partial charge in [0.05, 0.1) is 6.04 Å². The Balaban J connectivity index is 1.82. The summed E-state index contributed by atoms with van der Waals surface area (Å²) < 4.78 is 13.3. The van der Waals surface area contributed by atoms with Crippen molar-refractivity contribution in [3.63, 3.8) is 0 Å². The van der Waals surface area contributed by atoms with Crippen molar-refractivity contribution in [1.29, 1.82) is 0 Å². The summed E-state index contributed by atoms with van der Waals surface area (Å²) in [5.41, 5.74) is 3.34. The van der Waals surface area contributed by atoms with Gasteiger partial charge >= 0.3 is 0 Å². The van der Waals surface area contributed by atoms with E-state index in [1.54, 1.807) is 30.0 Å². The normalized spacial score (nSPS) is 14.5. The van der Waals surface area contributed by atoms with E-state index in [1.165, 1.54) is 12.1 Å². The highest BCUT2D eigenvalue weighted by Crippen LogP contribution is 2.31. The Morgan fingerprint density at radius 1 is 1.14 bits per heavy atom. The van der Waals surface area contributed by atoms with Gasteiger partial charge in [-0.1, -0.05) is 32.9 Å². The zero-order valence-electron chi connectivity index (χ0n) is 16.9. The molecular weight excluding hydrogens is 355 g/mol. The van der Waals surface area contributed by atoms with E-state index in [0.717, 1.165) is 29.7 Å². The first kappa shape index (κ1) is 20.1. The molecule has 0 radical (unpaired) electrons. The zero-order valence-corrected chi connectivity index (χ0v) is 16.9. The molecule has 2 amide bonds. The summed E-state index contributed by atoms with van der Waals surface area (Å²) in [4.78, 5) is 26.4. The Hall–Kier alpha value is -2.69. The summed E-state index contributed by atoms with van der Waals surface area (Å²) in [6, 6.07) is 11.5. The second kappa shape index (κ2) is 7.74. The molecule has 0 fully saturated rings. The Bertz CT molecular complexity index is 884. The Morgan fingerprint density at radius 2 is 1.82 bits per heavy atom. The van der Waals surface area contributed by atoms with Gasteiger partial charge in [0.15, 0.2) is 0 Å². The van der Waals surface area contributed by atoms with Crippen molar-refractivity contribution < 1.29 is 14.0 Å². The number of rotatable bonds is 4. The third-order valence-electron chi connectivity index (χ3n) is 5.01. The fourth-order valence-electron chi connectivity index (χ4n) is 3.67. The molecule has 1 unspecified atom stereocenters. The van der Waals surface area contributed by atoms with Crippen LogP contribution >= 0.6 is 0 Å². The first-order valence-corrected chi connectivity index (χ1v) is 9.61. The van der Waals surface area contributed by atoms with Gasteiger partial charge in [0.25, 0.3) is 5.91 Å². The number of hydrogen-bond acceptors (Lipinski definition) is 2. The van der Waals surface area contributed by atoms with Crippen LogP contribution in [0.3, 0.4) is 0 Å². The van der Waals surface area contributed by atoms with E-state index in [9.17, 15) is 14.0 Å². The number of hydrogen-bond donors (Lipinski definition) is 1. The molecule has 0 spiro atoms. The van der Waals surface area contributed by atoms with Gasteiger partial charge in [-0.05, 0) is 59.7 Å². The molecule has 0 saturated carbocycles. The molecule has 1 atom stereocenters. The molecule has 1 aliphatic heterocycles. The summed E-state index contributed by atoms with van der Waals surface area (Å²) in [7, 11) is 0. The summed E-state index contributed by atoms with van der Waals surface area (Å²) >= 11 is 0. The number of carbonyl (C=O) groups is 2. The van der Waals surface area contributed by atoms with Crippen molar-refractivity contribution in [2.45, 2.75) is 46.6 Å². The summed E-state index contributed by atoms with van der Waals surface area (Å²) in [5.74, 6) is -0.446. The van der Waals surface area contributed by atoms with Crippen molar-refractivity contribution in [1.82, 2.24) is 5.32 Å². The molecule has 2 aromatic carbocycles. The Kier molecular flexibility index (Phi) is 5.54. The number of nitrogens with one attached hydrogen (secondary N) is 1. The van der Waals surface area contributed by atoms with Crippen LogP contribution in [0.5, 0.6) is 0 Å². The molecule has 0 bridgehead atoms. The highest BCUT2D eigenvalue weighted by atomic mass is 19.1. The lowest BCUT2D eigenvalue weighted by Gasteiger charge is -2.27. The van der Waals surface area contributed by atoms with Crippen LogP contribution in [0.15, 0.2) is 42.5 Å². The van der Waals surface area contributed by atoms with Gasteiger partial charge in [-0.15, -0.1) is 0 Å². The van der Waals surface area contributed by atoms with Crippen molar-refractivity contribution in [3.8, 4) is 0 Å². The largest absolute Gasteiger partial charge is 0.345 e. The van der Waals surface area contributed by atoms with Gasteiger partial charge in [-0.25, -0.2) is 4.39 Å². The van der Waals surface area contributed by atoms with Gasteiger partial charge in [0, 0.05) is 24.7 Å². The van der Waals surface area contributed by atoms with Crippen molar-refractivity contribution in [2.24, 2.45) is 5.41 Å². The predicted octanol–water partition coefficient (Wildman–Crippen LogP) is 4.64. The summed E-state index contributed by atoms with van der Waals surface area (Å²) in [6.07, 6.45) is 1.48. The first-order chi connectivity index (χ1) is 13.1. The van der Waals surface area contributed by atoms with Crippen LogP contribution in [-0.2, 0) is 11.2 Å². The fourth-order valence-corrected chi connectivity index (χ4v) is 3.67. The average molecular weight is 382 g/mol. The van der Waals surface area contributed by atoms with E-state index in [-0.39, 0.29) is 29.1 Å². The van der Waals surface area contributed by atoms with E-state index < -0.39 is 0 Å². The van der Waals surface area contributed by atoms with Crippen molar-refractivity contribution in [3.05, 3.63) is 65.0 Å². The minimum absolute atomic E-state index is 0.00768. The molecule has 4 nitrogen and oxygen atoms in total. The lowest BCUT2D eigenvalue weighted by atomic mass is 9.85. The Morgan fingerprint density at radius 3 is 2.43 bits per heavy atom. The number of amides is 2. The molecule has 1 aliphatic rings. The summed E-state index contributed by atoms with van der Waals surface area (Å²) in [5, 5.41) is 3.11. The van der Waals surface area contributed by atoms with Gasteiger partial charge in [0.2, 0.25) is 5.91 Å². The van der Waals surface area contributed by atoms with Crippen LogP contribution in [0, 0.1) is 11.2 Å². The quantitative estimate of drug-likeness (QED) is 0.837. The van der Waals surface area contributed by atoms with Crippen LogP contribution in [0.25, 0.3) is 0 Å². The van der Waals surface area contributed by atoms with Gasteiger partial charge in [-0.2, -0.15) is 0 Å². The maximum Gasteiger partial charge on any atom is 0.251 e. The van der Waals surface area contributed by atoms with E-state index in [2.05, 4.69) is 26.1 Å². The van der Waals surface area contributed by atoms with Gasteiger partial charge in [-0.3, -0.25) is 9.59 Å². The second-order valence-corrected chi connectivity index (χ2v) is 8.61. The molecule has 0 aliphatic carbocycles. The number of nitrogens with zero attached hydrogens (tertiary/aromatic N) is 1. The lowest BCUT2D eigenvalue weighted by molar-refractivity contribution is -0.116. The molecule has 1 N–H and O–H groups in total. The molecule has 2 aromatic rings. The molecule has 5 heteroatoms. The topological polar surface area (TPSA) is 49.4 Å². The smallest absolute Gasteiger partial charge is 0.251 e. The minimum atomic E-state index is -0.293. The van der Waals surface area contributed by atoms with Crippen molar-refractivity contribution in [2.75, 3.05) is 11.4 Å². The SMILES string of the molecule is CC(=O)N1CCc2cc(C(=O)NC(CC(C)(C)C)c3ccc(F)cc3)ccc21. The molecule has 0 saturated heterocycles. The van der Waals surface area contributed by atoms with Crippen LogP contribution in [0.4, 0.5) is 10.1 Å². The highest BCUT2D eigenvalue weighted by Gasteiger charge is 2.25. The lowest BCUT2D eigenvalue weighted by Crippen LogP contribution is -2.31. The Labute approximate surface area is 165 Å². The minimum Gasteiger partial charge on any atom is -0.345 e. The maximum absolute atomic E-state index is 13.3. The van der Waals surface area contributed by atoms with E-state index in [4.69, 9.17) is 0 Å². The standard InChI is InChI=1S/C23H27FN2O2/c1-15(27)26-12-11-17-13-18(7-10-21(17)26)22(28)25-20(14-23(2,3)4)16-5-8-19(24)9-6-16/h5-10,13,20H,11-12,14H2,1-4H3,(H,25,28). The monoisotopic (exact) mass is 382 g/mol. The van der Waals surface area contributed by atoms with Crippen molar-refractivity contribution >= 4 is 17.5 Å². The van der Waals surface area contributed by atoms with Crippen LogP contribution in [-0.4, -0.2) is 18.4 Å². The first-order valence-electron chi connectivity index (χ1n) is 9.61. The number of benzene rings is 2. The predicted molar refractivity (Wildman–Crippen MR) is 109 cm³/mol. The average Bonchev–Trinajstić information content (AvgIpc) is 3.04. The third-order valence-corrected chi connectivity index (χ3v) is 5.01. The van der Waals surface area contributed by atoms with Gasteiger partial charge < -0.3 is 10.2 Å². The number of anilines is 1. The maximum atomic E-state index is 13.3. The summed E-state index contributed by atoms with van der Waals surface area (Å²) in [6.45, 7) is 8.54. The molecule has 1 heterocycles. The zero-order chi connectivity index (χ0) is 20.5. The van der Waals surface area contributed by atoms with E-state index in [1.807, 2.05) is 12.1 Å². The molecular formula is C23H27FN2O2. The number of halogens is 1. The van der Waals surface area contributed by atoms with Crippen LogP contribution in [0.2, 0.25) is 0 Å².